The molecular formula is C15H11FN2O4. The van der Waals surface area contributed by atoms with Crippen molar-refractivity contribution in [2.24, 2.45) is 0 Å². The fourth-order valence-electron chi connectivity index (χ4n) is 2.01. The number of imide groups is 1. The highest BCUT2D eigenvalue weighted by Gasteiger charge is 2.18. The molecule has 2 aromatic carbocycles. The largest absolute Gasteiger partial charge is 0.454 e. The number of fused-ring (bicyclic) bond motifs is 1. The Balaban J connectivity index is 1.79. The van der Waals surface area contributed by atoms with Gasteiger partial charge in [-0.05, 0) is 30.3 Å². The minimum Gasteiger partial charge on any atom is -0.454 e. The average Bonchev–Trinajstić information content (AvgIpc) is 2.95. The van der Waals surface area contributed by atoms with Crippen LogP contribution in [0.25, 0.3) is 0 Å². The minimum absolute atomic E-state index is 0.122. The summed E-state index contributed by atoms with van der Waals surface area (Å²) >= 11 is 0. The van der Waals surface area contributed by atoms with E-state index in [9.17, 15) is 14.0 Å². The summed E-state index contributed by atoms with van der Waals surface area (Å²) in [5, 5.41) is 2.54. The second-order valence-corrected chi connectivity index (χ2v) is 4.45. The number of carbonyl (C=O) groups is 2. The molecule has 0 radical (unpaired) electrons. The molecule has 1 N–H and O–H groups in total. The number of halogens is 1. The van der Waals surface area contributed by atoms with Crippen molar-refractivity contribution in [3.05, 3.63) is 48.3 Å². The highest BCUT2D eigenvalue weighted by molar-refractivity contribution is 6.12. The van der Waals surface area contributed by atoms with Gasteiger partial charge in [0.1, 0.15) is 5.82 Å². The van der Waals surface area contributed by atoms with E-state index in [2.05, 4.69) is 5.32 Å². The van der Waals surface area contributed by atoms with E-state index in [-0.39, 0.29) is 12.5 Å². The summed E-state index contributed by atoms with van der Waals surface area (Å²) < 4.78 is 23.6. The monoisotopic (exact) mass is 302 g/mol. The van der Waals surface area contributed by atoms with Gasteiger partial charge in [0.05, 0.1) is 5.69 Å². The van der Waals surface area contributed by atoms with E-state index in [1.54, 1.807) is 18.2 Å². The van der Waals surface area contributed by atoms with E-state index in [1.165, 1.54) is 18.2 Å². The first-order valence-electron chi connectivity index (χ1n) is 6.38. The molecule has 0 aromatic heterocycles. The molecule has 1 aliphatic rings. The number of urea groups is 1. The zero-order valence-electron chi connectivity index (χ0n) is 11.3. The summed E-state index contributed by atoms with van der Waals surface area (Å²) in [5.41, 5.74) is 0.561. The molecule has 7 heteroatoms. The lowest BCUT2D eigenvalue weighted by Gasteiger charge is -2.16. The molecule has 0 aliphatic carbocycles. The predicted molar refractivity (Wildman–Crippen MR) is 76.5 cm³/mol. The summed E-state index contributed by atoms with van der Waals surface area (Å²) in [7, 11) is 0. The topological polar surface area (TPSA) is 67.9 Å². The standard InChI is InChI=1S/C15H11FN2O4/c16-10-2-1-3-12(6-10)18(8-19)15(20)17-11-4-5-13-14(7-11)22-9-21-13/h1-8H,9H2,(H,17,20). The number of hydrogen-bond acceptors (Lipinski definition) is 4. The molecule has 1 heterocycles. The van der Waals surface area contributed by atoms with Gasteiger partial charge in [0, 0.05) is 11.8 Å². The van der Waals surface area contributed by atoms with Gasteiger partial charge in [-0.3, -0.25) is 4.79 Å². The van der Waals surface area contributed by atoms with Gasteiger partial charge in [-0.15, -0.1) is 0 Å². The summed E-state index contributed by atoms with van der Waals surface area (Å²) in [6, 6.07) is 9.31. The van der Waals surface area contributed by atoms with Crippen LogP contribution in [0.5, 0.6) is 11.5 Å². The van der Waals surface area contributed by atoms with Gasteiger partial charge < -0.3 is 14.8 Å². The molecule has 22 heavy (non-hydrogen) atoms. The van der Waals surface area contributed by atoms with Crippen LogP contribution in [0.2, 0.25) is 0 Å². The third-order valence-corrected chi connectivity index (χ3v) is 3.03. The second-order valence-electron chi connectivity index (χ2n) is 4.45. The first kappa shape index (κ1) is 13.9. The highest BCUT2D eigenvalue weighted by Crippen LogP contribution is 2.34. The molecule has 0 fully saturated rings. The van der Waals surface area contributed by atoms with Crippen molar-refractivity contribution in [3.63, 3.8) is 0 Å². The summed E-state index contributed by atoms with van der Waals surface area (Å²) in [6.45, 7) is 0.122. The zero-order valence-corrected chi connectivity index (χ0v) is 11.3. The Labute approximate surface area is 125 Å². The zero-order chi connectivity index (χ0) is 15.5. The minimum atomic E-state index is -0.709. The molecule has 0 saturated heterocycles. The number of rotatable bonds is 3. The van der Waals surface area contributed by atoms with Crippen molar-refractivity contribution in [1.29, 1.82) is 0 Å². The van der Waals surface area contributed by atoms with Crippen LogP contribution in [0.3, 0.4) is 0 Å². The van der Waals surface area contributed by atoms with Gasteiger partial charge in [-0.2, -0.15) is 0 Å². The molecule has 3 amide bonds. The second kappa shape index (κ2) is 5.72. The maximum Gasteiger partial charge on any atom is 0.332 e. The maximum atomic E-state index is 13.2. The first-order valence-corrected chi connectivity index (χ1v) is 6.38. The van der Waals surface area contributed by atoms with E-state index in [1.807, 2.05) is 0 Å². The molecule has 112 valence electrons. The van der Waals surface area contributed by atoms with Gasteiger partial charge in [0.25, 0.3) is 0 Å². The fourth-order valence-corrected chi connectivity index (χ4v) is 2.01. The van der Waals surface area contributed by atoms with Crippen LogP contribution < -0.4 is 19.7 Å². The quantitative estimate of drug-likeness (QED) is 0.885. The molecule has 0 atom stereocenters. The maximum absolute atomic E-state index is 13.2. The lowest BCUT2D eigenvalue weighted by Crippen LogP contribution is -2.33. The Morgan fingerprint density at radius 2 is 2.00 bits per heavy atom. The predicted octanol–water partition coefficient (Wildman–Crippen LogP) is 2.75. The smallest absolute Gasteiger partial charge is 0.332 e. The molecule has 0 unspecified atom stereocenters. The van der Waals surface area contributed by atoms with Gasteiger partial charge in [0.2, 0.25) is 13.2 Å². The molecule has 0 spiro atoms. The van der Waals surface area contributed by atoms with Crippen molar-refractivity contribution < 1.29 is 23.5 Å². The number of carbonyl (C=O) groups excluding carboxylic acids is 2. The van der Waals surface area contributed by atoms with Crippen LogP contribution in [-0.2, 0) is 4.79 Å². The lowest BCUT2D eigenvalue weighted by atomic mass is 10.2. The van der Waals surface area contributed by atoms with Gasteiger partial charge in [0.15, 0.2) is 11.5 Å². The Kier molecular flexibility index (Phi) is 3.61. The van der Waals surface area contributed by atoms with Crippen molar-refractivity contribution in [2.45, 2.75) is 0 Å². The van der Waals surface area contributed by atoms with Crippen molar-refractivity contribution in [3.8, 4) is 11.5 Å². The number of anilines is 2. The number of ether oxygens (including phenoxy) is 2. The summed E-state index contributed by atoms with van der Waals surface area (Å²) in [5.74, 6) is 0.539. The van der Waals surface area contributed by atoms with E-state index in [0.29, 0.717) is 23.6 Å². The van der Waals surface area contributed by atoms with Gasteiger partial charge >= 0.3 is 6.03 Å². The highest BCUT2D eigenvalue weighted by atomic mass is 19.1. The number of nitrogens with one attached hydrogen (secondary N) is 1. The van der Waals surface area contributed by atoms with Crippen molar-refractivity contribution in [2.75, 3.05) is 17.0 Å². The van der Waals surface area contributed by atoms with E-state index in [0.717, 1.165) is 11.0 Å². The average molecular weight is 302 g/mol. The molecule has 2 aromatic rings. The molecule has 3 rings (SSSR count). The fraction of sp³-hybridized carbons (Fsp3) is 0.0667. The van der Waals surface area contributed by atoms with Crippen molar-refractivity contribution >= 4 is 23.8 Å². The van der Waals surface area contributed by atoms with Gasteiger partial charge in [-0.1, -0.05) is 6.07 Å². The number of amides is 3. The molecule has 6 nitrogen and oxygen atoms in total. The number of benzene rings is 2. The van der Waals surface area contributed by atoms with E-state index < -0.39 is 11.8 Å². The van der Waals surface area contributed by atoms with Crippen molar-refractivity contribution in [1.82, 2.24) is 0 Å². The summed E-state index contributed by atoms with van der Waals surface area (Å²) in [6.07, 6.45) is 0.317. The molecular weight excluding hydrogens is 291 g/mol. The Morgan fingerprint density at radius 1 is 1.18 bits per heavy atom. The Bertz CT molecular complexity index is 735. The van der Waals surface area contributed by atoms with E-state index >= 15 is 0 Å². The van der Waals surface area contributed by atoms with Crippen LogP contribution in [-0.4, -0.2) is 19.2 Å². The number of hydrogen-bond donors (Lipinski definition) is 1. The van der Waals surface area contributed by atoms with Crippen LogP contribution in [0.4, 0.5) is 20.6 Å². The Hall–Kier alpha value is -3.09. The number of nitrogens with zero attached hydrogens (tertiary/aromatic N) is 1. The first-order chi connectivity index (χ1) is 10.7. The van der Waals surface area contributed by atoms with Gasteiger partial charge in [-0.25, -0.2) is 14.1 Å². The molecule has 0 saturated carbocycles. The third kappa shape index (κ3) is 2.69. The third-order valence-electron chi connectivity index (χ3n) is 3.03. The van der Waals surface area contributed by atoms with Crippen LogP contribution >= 0.6 is 0 Å². The SMILES string of the molecule is O=CN(C(=O)Nc1ccc2c(c1)OCO2)c1cccc(F)c1. The van der Waals surface area contributed by atoms with Crippen LogP contribution in [0.15, 0.2) is 42.5 Å². The van der Waals surface area contributed by atoms with Crippen LogP contribution in [0, 0.1) is 5.82 Å². The molecule has 0 bridgehead atoms. The van der Waals surface area contributed by atoms with E-state index in [4.69, 9.17) is 9.47 Å². The van der Waals surface area contributed by atoms with Crippen LogP contribution in [0.1, 0.15) is 0 Å². The Morgan fingerprint density at radius 3 is 2.77 bits per heavy atom. The lowest BCUT2D eigenvalue weighted by molar-refractivity contribution is -0.106. The molecule has 1 aliphatic heterocycles. The summed E-state index contributed by atoms with van der Waals surface area (Å²) in [4.78, 5) is 24.0. The normalized spacial score (nSPS) is 11.9.